The van der Waals surface area contributed by atoms with Crippen LogP contribution in [-0.2, 0) is 22.6 Å². The predicted molar refractivity (Wildman–Crippen MR) is 103 cm³/mol. The van der Waals surface area contributed by atoms with Gasteiger partial charge in [0.2, 0.25) is 11.8 Å². The van der Waals surface area contributed by atoms with Crippen LogP contribution in [-0.4, -0.2) is 31.8 Å². The van der Waals surface area contributed by atoms with Crippen molar-refractivity contribution in [2.24, 2.45) is 5.73 Å². The Labute approximate surface area is 161 Å². The summed E-state index contributed by atoms with van der Waals surface area (Å²) >= 11 is 7.41. The molecule has 2 rings (SSSR count). The maximum absolute atomic E-state index is 12.5. The van der Waals surface area contributed by atoms with Crippen molar-refractivity contribution in [2.75, 3.05) is 5.32 Å². The predicted octanol–water partition coefficient (Wildman–Crippen LogP) is 2.80. The van der Waals surface area contributed by atoms with E-state index in [9.17, 15) is 9.59 Å². The first-order valence-corrected chi connectivity index (χ1v) is 9.52. The molecule has 0 aliphatic rings. The number of hydrogen-bond donors (Lipinski definition) is 2. The largest absolute Gasteiger partial charge is 0.370 e. The quantitative estimate of drug-likeness (QED) is 0.669. The number of nitrogens with one attached hydrogen (secondary N) is 1. The maximum atomic E-state index is 12.5. The first-order chi connectivity index (χ1) is 12.3. The zero-order valence-electron chi connectivity index (χ0n) is 15.0. The van der Waals surface area contributed by atoms with Gasteiger partial charge in [-0.3, -0.25) is 9.59 Å². The van der Waals surface area contributed by atoms with E-state index in [0.717, 1.165) is 5.56 Å². The summed E-state index contributed by atoms with van der Waals surface area (Å²) in [5, 5.41) is 12.0. The number of carbonyl (C=O) groups is 2. The molecule has 0 saturated carbocycles. The number of aryl methyl sites for hydroxylation is 1. The molecular weight excluding hydrogens is 374 g/mol. The van der Waals surface area contributed by atoms with Crippen LogP contribution in [0.1, 0.15) is 31.7 Å². The van der Waals surface area contributed by atoms with E-state index in [0.29, 0.717) is 34.7 Å². The summed E-state index contributed by atoms with van der Waals surface area (Å²) in [5.74, 6) is 0.159. The van der Waals surface area contributed by atoms with Gasteiger partial charge in [0.1, 0.15) is 5.82 Å². The molecule has 0 spiro atoms. The zero-order valence-corrected chi connectivity index (χ0v) is 16.5. The van der Waals surface area contributed by atoms with Gasteiger partial charge in [-0.25, -0.2) is 0 Å². The lowest BCUT2D eigenvalue weighted by Gasteiger charge is -2.14. The average molecular weight is 396 g/mol. The first-order valence-electron chi connectivity index (χ1n) is 8.26. The smallest absolute Gasteiger partial charge is 0.237 e. The van der Waals surface area contributed by atoms with Crippen molar-refractivity contribution in [3.05, 3.63) is 34.6 Å². The van der Waals surface area contributed by atoms with E-state index in [-0.39, 0.29) is 23.5 Å². The molecule has 0 unspecified atom stereocenters. The second-order valence-corrected chi connectivity index (χ2v) is 7.49. The number of amides is 2. The second-order valence-electron chi connectivity index (χ2n) is 5.77. The Kier molecular flexibility index (Phi) is 7.05. The Balaban J connectivity index is 2.06. The van der Waals surface area contributed by atoms with E-state index in [4.69, 9.17) is 17.3 Å². The van der Waals surface area contributed by atoms with Gasteiger partial charge in [0, 0.05) is 30.1 Å². The highest BCUT2D eigenvalue weighted by atomic mass is 35.5. The molecule has 0 aliphatic carbocycles. The fraction of sp³-hybridized carbons (Fsp3) is 0.412. The summed E-state index contributed by atoms with van der Waals surface area (Å²) in [4.78, 5) is 23.5. The van der Waals surface area contributed by atoms with Gasteiger partial charge in [-0.05, 0) is 38.5 Å². The second kappa shape index (κ2) is 9.05. The molecule has 2 aromatic rings. The number of thioether (sulfide) groups is 1. The van der Waals surface area contributed by atoms with Crippen molar-refractivity contribution in [3.8, 4) is 0 Å². The maximum Gasteiger partial charge on any atom is 0.237 e. The number of halogens is 1. The van der Waals surface area contributed by atoms with Crippen LogP contribution in [0.4, 0.5) is 5.69 Å². The lowest BCUT2D eigenvalue weighted by molar-refractivity contribution is -0.118. The van der Waals surface area contributed by atoms with E-state index in [1.807, 2.05) is 24.5 Å². The van der Waals surface area contributed by atoms with Crippen molar-refractivity contribution in [2.45, 2.75) is 50.6 Å². The molecule has 0 bridgehead atoms. The highest BCUT2D eigenvalue weighted by molar-refractivity contribution is 8.00. The molecule has 1 aromatic heterocycles. The van der Waals surface area contributed by atoms with Crippen molar-refractivity contribution >= 4 is 40.9 Å². The Hall–Kier alpha value is -2.06. The van der Waals surface area contributed by atoms with Crippen molar-refractivity contribution in [3.63, 3.8) is 0 Å². The molecule has 0 fully saturated rings. The van der Waals surface area contributed by atoms with Crippen LogP contribution in [0.3, 0.4) is 0 Å². The van der Waals surface area contributed by atoms with Gasteiger partial charge in [-0.1, -0.05) is 29.4 Å². The highest BCUT2D eigenvalue weighted by Gasteiger charge is 2.20. The van der Waals surface area contributed by atoms with Gasteiger partial charge < -0.3 is 15.6 Å². The van der Waals surface area contributed by atoms with Crippen molar-refractivity contribution in [1.29, 1.82) is 0 Å². The number of carbonyl (C=O) groups excluding carboxylic acids is 2. The van der Waals surface area contributed by atoms with Crippen LogP contribution in [0.25, 0.3) is 0 Å². The zero-order chi connectivity index (χ0) is 19.3. The summed E-state index contributed by atoms with van der Waals surface area (Å²) in [6, 6.07) is 5.39. The SMILES string of the molecule is CCn1c(CCC(N)=O)nnc1S[C@H](C)C(=O)Nc1cccc(Cl)c1C. The fourth-order valence-electron chi connectivity index (χ4n) is 2.33. The van der Waals surface area contributed by atoms with Crippen LogP contribution < -0.4 is 11.1 Å². The third-order valence-electron chi connectivity index (χ3n) is 3.88. The summed E-state index contributed by atoms with van der Waals surface area (Å²) in [6.45, 7) is 6.26. The van der Waals surface area contributed by atoms with Crippen LogP contribution in [0.2, 0.25) is 5.02 Å². The van der Waals surface area contributed by atoms with E-state index in [2.05, 4.69) is 15.5 Å². The Morgan fingerprint density at radius 1 is 1.38 bits per heavy atom. The summed E-state index contributed by atoms with van der Waals surface area (Å²) < 4.78 is 1.89. The van der Waals surface area contributed by atoms with Gasteiger partial charge in [0.05, 0.1) is 5.25 Å². The number of rotatable bonds is 8. The normalized spacial score (nSPS) is 12.0. The summed E-state index contributed by atoms with van der Waals surface area (Å²) in [5.41, 5.74) is 6.70. The fourth-order valence-corrected chi connectivity index (χ4v) is 3.44. The Bertz CT molecular complexity index is 808. The van der Waals surface area contributed by atoms with Crippen LogP contribution in [0.5, 0.6) is 0 Å². The number of primary amides is 1. The van der Waals surface area contributed by atoms with Crippen LogP contribution >= 0.6 is 23.4 Å². The lowest BCUT2D eigenvalue weighted by Crippen LogP contribution is -2.23. The van der Waals surface area contributed by atoms with Gasteiger partial charge in [0.15, 0.2) is 5.16 Å². The van der Waals surface area contributed by atoms with Gasteiger partial charge in [0.25, 0.3) is 0 Å². The number of nitrogens with zero attached hydrogens (tertiary/aromatic N) is 3. The third kappa shape index (κ3) is 4.98. The molecule has 1 aromatic carbocycles. The highest BCUT2D eigenvalue weighted by Crippen LogP contribution is 2.26. The molecule has 26 heavy (non-hydrogen) atoms. The molecule has 140 valence electrons. The van der Waals surface area contributed by atoms with Gasteiger partial charge >= 0.3 is 0 Å². The van der Waals surface area contributed by atoms with Crippen molar-refractivity contribution in [1.82, 2.24) is 14.8 Å². The van der Waals surface area contributed by atoms with E-state index < -0.39 is 0 Å². The van der Waals surface area contributed by atoms with E-state index in [1.165, 1.54) is 11.8 Å². The minimum Gasteiger partial charge on any atom is -0.370 e. The molecule has 0 saturated heterocycles. The summed E-state index contributed by atoms with van der Waals surface area (Å²) in [6.07, 6.45) is 0.645. The average Bonchev–Trinajstić information content (AvgIpc) is 2.98. The molecule has 1 atom stereocenters. The minimum atomic E-state index is -0.383. The van der Waals surface area contributed by atoms with Crippen LogP contribution in [0.15, 0.2) is 23.4 Å². The first kappa shape index (κ1) is 20.3. The van der Waals surface area contributed by atoms with Crippen LogP contribution in [0, 0.1) is 6.92 Å². The molecule has 9 heteroatoms. The topological polar surface area (TPSA) is 103 Å². The number of anilines is 1. The van der Waals surface area contributed by atoms with E-state index >= 15 is 0 Å². The van der Waals surface area contributed by atoms with Gasteiger partial charge in [-0.15, -0.1) is 10.2 Å². The standard InChI is InChI=1S/C17H22ClN5O2S/c1-4-23-15(9-8-14(19)24)21-22-17(23)26-11(3)16(25)20-13-7-5-6-12(18)10(13)2/h5-7,11H,4,8-9H2,1-3H3,(H2,19,24)(H,20,25)/t11-/m1/s1. The van der Waals surface area contributed by atoms with Gasteiger partial charge in [-0.2, -0.15) is 0 Å². The Morgan fingerprint density at radius 2 is 2.12 bits per heavy atom. The number of benzene rings is 1. The molecule has 0 aliphatic heterocycles. The summed E-state index contributed by atoms with van der Waals surface area (Å²) in [7, 11) is 0. The lowest BCUT2D eigenvalue weighted by atomic mass is 10.2. The molecule has 2 amide bonds. The van der Waals surface area contributed by atoms with Crippen molar-refractivity contribution < 1.29 is 9.59 Å². The van der Waals surface area contributed by atoms with E-state index in [1.54, 1.807) is 19.1 Å². The third-order valence-corrected chi connectivity index (χ3v) is 5.37. The minimum absolute atomic E-state index is 0.148. The molecule has 0 radical (unpaired) electrons. The molecular formula is C17H22ClN5O2S. The number of nitrogens with two attached hydrogens (primary N) is 1. The molecule has 1 heterocycles. The molecule has 3 N–H and O–H groups in total. The Morgan fingerprint density at radius 3 is 2.77 bits per heavy atom. The molecule has 7 nitrogen and oxygen atoms in total. The monoisotopic (exact) mass is 395 g/mol. The number of hydrogen-bond acceptors (Lipinski definition) is 5. The number of aromatic nitrogens is 3.